The van der Waals surface area contributed by atoms with Gasteiger partial charge in [-0.2, -0.15) is 0 Å². The van der Waals surface area contributed by atoms with Crippen molar-refractivity contribution >= 4 is 28.3 Å². The fourth-order valence-corrected chi connectivity index (χ4v) is 4.67. The highest BCUT2D eigenvalue weighted by molar-refractivity contribution is 6.30. The van der Waals surface area contributed by atoms with Gasteiger partial charge < -0.3 is 25.0 Å². The predicted octanol–water partition coefficient (Wildman–Crippen LogP) is 3.11. The number of primary amides is 1. The molecule has 0 aliphatic carbocycles. The van der Waals surface area contributed by atoms with Crippen LogP contribution in [0.25, 0.3) is 10.8 Å². The number of β-amino-alcohol motifs (C(OH)–C–C–N with tert-alkyl or cyclic N) is 1. The Labute approximate surface area is 201 Å². The highest BCUT2D eigenvalue weighted by Crippen LogP contribution is 2.25. The highest BCUT2D eigenvalue weighted by Gasteiger charge is 2.24. The summed E-state index contributed by atoms with van der Waals surface area (Å²) in [5, 5.41) is 11.3. The first-order valence-corrected chi connectivity index (χ1v) is 11.6. The molecule has 180 valence electrons. The first-order valence-electron chi connectivity index (χ1n) is 11.2. The van der Waals surface area contributed by atoms with E-state index >= 15 is 0 Å². The van der Waals surface area contributed by atoms with Crippen molar-refractivity contribution in [3.05, 3.63) is 74.9 Å². The van der Waals surface area contributed by atoms with Crippen LogP contribution in [0, 0.1) is 12.7 Å². The van der Waals surface area contributed by atoms with Gasteiger partial charge in [0.05, 0.1) is 23.6 Å². The van der Waals surface area contributed by atoms with Crippen molar-refractivity contribution in [2.75, 3.05) is 19.6 Å². The van der Waals surface area contributed by atoms with E-state index in [9.17, 15) is 19.1 Å². The van der Waals surface area contributed by atoms with Crippen LogP contribution in [0.2, 0.25) is 5.02 Å². The molecule has 1 aliphatic heterocycles. The summed E-state index contributed by atoms with van der Waals surface area (Å²) in [5.41, 5.74) is 5.86. The molecule has 1 aliphatic rings. The number of carbonyl (C=O) groups is 1. The molecule has 1 atom stereocenters. The van der Waals surface area contributed by atoms with Gasteiger partial charge in [-0.3, -0.25) is 9.59 Å². The van der Waals surface area contributed by atoms with Crippen LogP contribution >= 0.6 is 11.6 Å². The molecule has 1 saturated heterocycles. The number of aryl methyl sites for hydroxylation is 1. The zero-order chi connectivity index (χ0) is 24.4. The van der Waals surface area contributed by atoms with Gasteiger partial charge in [-0.25, -0.2) is 4.39 Å². The second-order valence-electron chi connectivity index (χ2n) is 8.71. The van der Waals surface area contributed by atoms with E-state index in [2.05, 4.69) is 4.90 Å². The van der Waals surface area contributed by atoms with Gasteiger partial charge in [-0.1, -0.05) is 23.7 Å². The topological polar surface area (TPSA) is 97.8 Å². The SMILES string of the molecule is Cc1cc(Cl)ccc1OC1CCN(C[C@@H](O)Cn2cc(C(N)=O)c3cccc(F)c3c2=O)CC1. The number of hydrogen-bond acceptors (Lipinski definition) is 5. The van der Waals surface area contributed by atoms with Crippen LogP contribution in [0.5, 0.6) is 5.75 Å². The van der Waals surface area contributed by atoms with E-state index in [0.29, 0.717) is 11.6 Å². The number of rotatable bonds is 7. The molecule has 7 nitrogen and oxygen atoms in total. The lowest BCUT2D eigenvalue weighted by Gasteiger charge is -2.33. The number of hydrogen-bond donors (Lipinski definition) is 2. The van der Waals surface area contributed by atoms with E-state index in [1.54, 1.807) is 6.07 Å². The van der Waals surface area contributed by atoms with Gasteiger partial charge in [0.15, 0.2) is 0 Å². The molecule has 3 aromatic rings. The van der Waals surface area contributed by atoms with Crippen LogP contribution in [0.15, 0.2) is 47.4 Å². The first-order chi connectivity index (χ1) is 16.2. The molecule has 1 fully saturated rings. The Bertz CT molecular complexity index is 1270. The third-order valence-corrected chi connectivity index (χ3v) is 6.41. The smallest absolute Gasteiger partial charge is 0.261 e. The number of likely N-dealkylation sites (tertiary alicyclic amines) is 1. The van der Waals surface area contributed by atoms with Crippen LogP contribution in [0.3, 0.4) is 0 Å². The summed E-state index contributed by atoms with van der Waals surface area (Å²) in [6.07, 6.45) is 2.06. The van der Waals surface area contributed by atoms with E-state index in [1.807, 2.05) is 19.1 Å². The molecule has 0 spiro atoms. The maximum Gasteiger partial charge on any atom is 0.261 e. The molecular weight excluding hydrogens is 461 g/mol. The number of benzene rings is 2. The number of aliphatic hydroxyl groups is 1. The number of nitrogens with zero attached hydrogens (tertiary/aromatic N) is 2. The predicted molar refractivity (Wildman–Crippen MR) is 129 cm³/mol. The van der Waals surface area contributed by atoms with Crippen LogP contribution in [-0.2, 0) is 6.54 Å². The van der Waals surface area contributed by atoms with Crippen molar-refractivity contribution in [1.29, 1.82) is 0 Å². The van der Waals surface area contributed by atoms with Gasteiger partial charge in [0.1, 0.15) is 17.7 Å². The molecule has 2 aromatic carbocycles. The fourth-order valence-electron chi connectivity index (χ4n) is 4.44. The van der Waals surface area contributed by atoms with Crippen molar-refractivity contribution in [2.24, 2.45) is 5.73 Å². The Morgan fingerprint density at radius 1 is 1.26 bits per heavy atom. The summed E-state index contributed by atoms with van der Waals surface area (Å²) in [6, 6.07) is 9.61. The van der Waals surface area contributed by atoms with Crippen LogP contribution in [-0.4, -0.2) is 52.3 Å². The number of piperidine rings is 1. The van der Waals surface area contributed by atoms with Gasteiger partial charge in [0, 0.05) is 36.2 Å². The second-order valence-corrected chi connectivity index (χ2v) is 9.14. The summed E-state index contributed by atoms with van der Waals surface area (Å²) in [6.45, 7) is 3.66. The number of halogens is 2. The van der Waals surface area contributed by atoms with Crippen molar-refractivity contribution in [3.8, 4) is 5.75 Å². The van der Waals surface area contributed by atoms with E-state index in [0.717, 1.165) is 47.9 Å². The minimum atomic E-state index is -0.890. The Morgan fingerprint density at radius 2 is 2.00 bits per heavy atom. The molecule has 1 aromatic heterocycles. The normalized spacial score (nSPS) is 16.0. The first kappa shape index (κ1) is 24.2. The van der Waals surface area contributed by atoms with Gasteiger partial charge in [-0.15, -0.1) is 0 Å². The van der Waals surface area contributed by atoms with Gasteiger partial charge in [0.25, 0.3) is 11.5 Å². The molecule has 2 heterocycles. The van der Waals surface area contributed by atoms with E-state index in [1.165, 1.54) is 18.3 Å². The minimum Gasteiger partial charge on any atom is -0.490 e. The zero-order valence-electron chi connectivity index (χ0n) is 18.8. The standard InChI is InChI=1S/C25H27ClFN3O4/c1-15-11-16(26)5-6-22(15)34-18-7-9-29(10-8-18)12-17(31)13-30-14-20(24(28)32)19-3-2-4-21(27)23(19)25(30)33/h2-6,11,14,17-18,31H,7-10,12-13H2,1H3,(H2,28,32)/t17-/m1/s1. The summed E-state index contributed by atoms with van der Waals surface area (Å²) in [7, 11) is 0. The van der Waals surface area contributed by atoms with Crippen molar-refractivity contribution in [2.45, 2.75) is 38.5 Å². The lowest BCUT2D eigenvalue weighted by molar-refractivity contribution is 0.0542. The second kappa shape index (κ2) is 10.1. The number of aromatic nitrogens is 1. The Morgan fingerprint density at radius 3 is 2.68 bits per heavy atom. The summed E-state index contributed by atoms with van der Waals surface area (Å²) in [4.78, 5) is 26.8. The number of nitrogens with two attached hydrogens (primary N) is 1. The third-order valence-electron chi connectivity index (χ3n) is 6.17. The number of aliphatic hydroxyl groups excluding tert-OH is 1. The molecular formula is C25H27ClFN3O4. The molecule has 3 N–H and O–H groups in total. The van der Waals surface area contributed by atoms with Gasteiger partial charge in [-0.05, 0) is 49.6 Å². The zero-order valence-corrected chi connectivity index (χ0v) is 19.6. The lowest BCUT2D eigenvalue weighted by atomic mass is 10.1. The Balaban J connectivity index is 1.39. The van der Waals surface area contributed by atoms with Crippen LogP contribution in [0.1, 0.15) is 28.8 Å². The minimum absolute atomic E-state index is 0.0387. The average Bonchev–Trinajstić information content (AvgIpc) is 2.78. The number of fused-ring (bicyclic) bond motifs is 1. The average molecular weight is 488 g/mol. The van der Waals surface area contributed by atoms with Crippen LogP contribution < -0.4 is 16.0 Å². The maximum absolute atomic E-state index is 14.4. The number of carbonyl (C=O) groups excluding carboxylic acids is 1. The van der Waals surface area contributed by atoms with E-state index < -0.39 is 23.4 Å². The number of pyridine rings is 1. The largest absolute Gasteiger partial charge is 0.490 e. The summed E-state index contributed by atoms with van der Waals surface area (Å²) in [5.74, 6) is -0.681. The highest BCUT2D eigenvalue weighted by atomic mass is 35.5. The Hall–Kier alpha value is -2.94. The van der Waals surface area contributed by atoms with Crippen molar-refractivity contribution in [1.82, 2.24) is 9.47 Å². The molecule has 0 bridgehead atoms. The maximum atomic E-state index is 14.4. The third kappa shape index (κ3) is 5.24. The molecule has 1 amide bonds. The molecule has 34 heavy (non-hydrogen) atoms. The Kier molecular flexibility index (Phi) is 7.21. The lowest BCUT2D eigenvalue weighted by Crippen LogP contribution is -2.43. The van der Waals surface area contributed by atoms with E-state index in [4.69, 9.17) is 22.1 Å². The van der Waals surface area contributed by atoms with Gasteiger partial charge >= 0.3 is 0 Å². The molecule has 0 radical (unpaired) electrons. The van der Waals surface area contributed by atoms with Crippen LogP contribution in [0.4, 0.5) is 4.39 Å². The summed E-state index contributed by atoms with van der Waals surface area (Å²) >= 11 is 6.01. The monoisotopic (exact) mass is 487 g/mol. The molecule has 0 saturated carbocycles. The summed E-state index contributed by atoms with van der Waals surface area (Å²) < 4.78 is 21.6. The quantitative estimate of drug-likeness (QED) is 0.533. The number of ether oxygens (including phenoxy) is 1. The molecule has 9 heteroatoms. The fraction of sp³-hybridized carbons (Fsp3) is 0.360. The van der Waals surface area contributed by atoms with Crippen molar-refractivity contribution in [3.63, 3.8) is 0 Å². The molecule has 4 rings (SSSR count). The molecule has 0 unspecified atom stereocenters. The van der Waals surface area contributed by atoms with Gasteiger partial charge in [0.2, 0.25) is 0 Å². The number of amides is 1. The van der Waals surface area contributed by atoms with Crippen molar-refractivity contribution < 1.29 is 19.0 Å². The van der Waals surface area contributed by atoms with E-state index in [-0.39, 0.29) is 29.0 Å².